The molecular formula is C25H26F6N4O2. The van der Waals surface area contributed by atoms with Gasteiger partial charge in [-0.05, 0) is 44.7 Å². The van der Waals surface area contributed by atoms with Crippen LogP contribution in [-0.2, 0) is 11.7 Å². The van der Waals surface area contributed by atoms with E-state index in [1.165, 1.54) is 6.92 Å². The molecule has 1 aromatic heterocycles. The third-order valence-corrected chi connectivity index (χ3v) is 7.79. The molecular weight excluding hydrogens is 502 g/mol. The number of nitrogens with one attached hydrogen (secondary N) is 2. The fourth-order valence-electron chi connectivity index (χ4n) is 5.46. The lowest BCUT2D eigenvalue weighted by atomic mass is 10.0. The van der Waals surface area contributed by atoms with Gasteiger partial charge in [-0.3, -0.25) is 9.59 Å². The summed E-state index contributed by atoms with van der Waals surface area (Å²) in [5.74, 6) is -1.70. The quantitative estimate of drug-likeness (QED) is 0.529. The fraction of sp³-hybridized carbons (Fsp3) is 0.520. The molecule has 5 rings (SSSR count). The van der Waals surface area contributed by atoms with Crippen LogP contribution in [0.2, 0.25) is 0 Å². The van der Waals surface area contributed by atoms with Gasteiger partial charge in [0.25, 0.3) is 17.9 Å². The first-order chi connectivity index (χ1) is 17.3. The van der Waals surface area contributed by atoms with Gasteiger partial charge in [0.05, 0.1) is 22.9 Å². The number of piperidine rings is 1. The Morgan fingerprint density at radius 1 is 1.16 bits per heavy atom. The third-order valence-electron chi connectivity index (χ3n) is 7.79. The number of hydrogen-bond acceptors (Lipinski definition) is 4. The first-order valence-corrected chi connectivity index (χ1v) is 12.0. The SMILES string of the molecule is C[C@@H](NC(=O)c1cn(C2(C(F)F)CC2)c(=O)cc1N[C@@H]1[C@@H]2CN(C)C[C@@H]21)c1cccc(C(F)(F)F)c1F. The zero-order valence-corrected chi connectivity index (χ0v) is 20.1. The minimum absolute atomic E-state index is 0.00122. The molecule has 2 aliphatic carbocycles. The maximum atomic E-state index is 14.6. The van der Waals surface area contributed by atoms with Crippen molar-refractivity contribution in [1.82, 2.24) is 14.8 Å². The smallest absolute Gasteiger partial charge is 0.381 e. The van der Waals surface area contributed by atoms with Crippen LogP contribution < -0.4 is 16.2 Å². The average Bonchev–Trinajstić information content (AvgIpc) is 3.69. The lowest BCUT2D eigenvalue weighted by Gasteiger charge is -2.23. The van der Waals surface area contributed by atoms with Gasteiger partial charge in [0.2, 0.25) is 0 Å². The van der Waals surface area contributed by atoms with Crippen LogP contribution in [0.3, 0.4) is 0 Å². The molecule has 1 saturated heterocycles. The Bertz CT molecular complexity index is 1280. The number of anilines is 1. The second-order valence-corrected chi connectivity index (χ2v) is 10.3. The van der Waals surface area contributed by atoms with Crippen LogP contribution in [0.15, 0.2) is 35.3 Å². The van der Waals surface area contributed by atoms with Crippen LogP contribution in [0.1, 0.15) is 47.3 Å². The van der Waals surface area contributed by atoms with Crippen LogP contribution in [0.4, 0.5) is 32.0 Å². The Morgan fingerprint density at radius 2 is 1.81 bits per heavy atom. The van der Waals surface area contributed by atoms with E-state index in [-0.39, 0.29) is 35.7 Å². The van der Waals surface area contributed by atoms with Crippen molar-refractivity contribution in [2.75, 3.05) is 25.5 Å². The number of hydrogen-bond donors (Lipinski definition) is 2. The fourth-order valence-corrected chi connectivity index (χ4v) is 5.46. The molecule has 6 nitrogen and oxygen atoms in total. The van der Waals surface area contributed by atoms with E-state index in [2.05, 4.69) is 15.5 Å². The highest BCUT2D eigenvalue weighted by molar-refractivity contribution is 5.99. The van der Waals surface area contributed by atoms with Gasteiger partial charge in [-0.25, -0.2) is 13.2 Å². The summed E-state index contributed by atoms with van der Waals surface area (Å²) in [6.07, 6.45) is -6.51. The summed E-state index contributed by atoms with van der Waals surface area (Å²) < 4.78 is 82.5. The summed E-state index contributed by atoms with van der Waals surface area (Å²) >= 11 is 0. The highest BCUT2D eigenvalue weighted by Crippen LogP contribution is 2.49. The molecule has 0 radical (unpaired) electrons. The standard InChI is InChI=1S/C25H26F6N4O2/c1-12(13-4-3-5-17(20(13)26)25(29,30)31)32-22(37)16-11-35(24(6-7-24)23(27)28)19(36)8-18(16)33-21-14-9-34(2)10-15(14)21/h3-5,8,11-12,14-15,21,23,33H,6-7,9-10H2,1-2H3,(H,32,37)/t12-,14-,15+,21-/m1/s1. The van der Waals surface area contributed by atoms with Crippen LogP contribution in [-0.4, -0.2) is 48.0 Å². The van der Waals surface area contributed by atoms with E-state index in [0.29, 0.717) is 17.9 Å². The largest absolute Gasteiger partial charge is 0.419 e. The number of amides is 1. The van der Waals surface area contributed by atoms with E-state index in [1.807, 2.05) is 7.05 Å². The second-order valence-electron chi connectivity index (χ2n) is 10.3. The van der Waals surface area contributed by atoms with Gasteiger partial charge in [0, 0.05) is 37.0 Å². The topological polar surface area (TPSA) is 66.4 Å². The maximum Gasteiger partial charge on any atom is 0.419 e. The highest BCUT2D eigenvalue weighted by atomic mass is 19.4. The molecule has 1 amide bonds. The summed E-state index contributed by atoms with van der Waals surface area (Å²) in [7, 11) is 1.98. The van der Waals surface area contributed by atoms with Crippen molar-refractivity contribution >= 4 is 11.6 Å². The number of carbonyl (C=O) groups is 1. The number of benzene rings is 1. The zero-order chi connectivity index (χ0) is 26.9. The number of pyridine rings is 1. The molecule has 200 valence electrons. The van der Waals surface area contributed by atoms with Crippen molar-refractivity contribution in [3.05, 3.63) is 63.3 Å². The minimum atomic E-state index is -4.92. The molecule has 3 aliphatic rings. The summed E-state index contributed by atoms with van der Waals surface area (Å²) in [5.41, 5.74) is -4.16. The second kappa shape index (κ2) is 8.78. The summed E-state index contributed by atoms with van der Waals surface area (Å²) in [6.45, 7) is 2.99. The maximum absolute atomic E-state index is 14.6. The van der Waals surface area contributed by atoms with Crippen LogP contribution in [0.25, 0.3) is 0 Å². The molecule has 0 unspecified atom stereocenters. The van der Waals surface area contributed by atoms with Crippen LogP contribution in [0.5, 0.6) is 0 Å². The zero-order valence-electron chi connectivity index (χ0n) is 20.1. The average molecular weight is 528 g/mol. The van der Waals surface area contributed by atoms with Crippen molar-refractivity contribution in [2.24, 2.45) is 11.8 Å². The van der Waals surface area contributed by atoms with E-state index in [9.17, 15) is 35.9 Å². The molecule has 1 aromatic carbocycles. The van der Waals surface area contributed by atoms with Crippen LogP contribution in [0, 0.1) is 17.7 Å². The molecule has 4 atom stereocenters. The lowest BCUT2D eigenvalue weighted by molar-refractivity contribution is -0.140. The van der Waals surface area contributed by atoms with E-state index in [4.69, 9.17) is 0 Å². The monoisotopic (exact) mass is 528 g/mol. The number of halogens is 6. The van der Waals surface area contributed by atoms with Crippen molar-refractivity contribution < 1.29 is 31.1 Å². The van der Waals surface area contributed by atoms with Gasteiger partial charge in [0.15, 0.2) is 0 Å². The summed E-state index contributed by atoms with van der Waals surface area (Å²) in [6, 6.07) is 2.72. The number of alkyl halides is 5. The number of fused-ring (bicyclic) bond motifs is 1. The van der Waals surface area contributed by atoms with Crippen molar-refractivity contribution in [2.45, 2.75) is 50.0 Å². The van der Waals surface area contributed by atoms with Gasteiger partial charge in [-0.15, -0.1) is 0 Å². The van der Waals surface area contributed by atoms with Gasteiger partial charge in [-0.1, -0.05) is 12.1 Å². The molecule has 2 saturated carbocycles. The third kappa shape index (κ3) is 4.49. The Morgan fingerprint density at radius 3 is 2.38 bits per heavy atom. The molecule has 12 heteroatoms. The Kier molecular flexibility index (Phi) is 6.08. The number of carbonyl (C=O) groups excluding carboxylic acids is 1. The molecule has 1 aliphatic heterocycles. The Hall–Kier alpha value is -3.02. The van der Waals surface area contributed by atoms with Gasteiger partial charge in [-0.2, -0.15) is 13.2 Å². The molecule has 2 aromatic rings. The molecule has 0 spiro atoms. The van der Waals surface area contributed by atoms with Crippen molar-refractivity contribution in [1.29, 1.82) is 0 Å². The van der Waals surface area contributed by atoms with Crippen molar-refractivity contribution in [3.8, 4) is 0 Å². The number of nitrogens with zero attached hydrogens (tertiary/aromatic N) is 2. The number of aromatic nitrogens is 1. The normalized spacial score (nSPS) is 25.1. The lowest BCUT2D eigenvalue weighted by Crippen LogP contribution is -2.37. The van der Waals surface area contributed by atoms with E-state index < -0.39 is 47.0 Å². The van der Waals surface area contributed by atoms with E-state index in [1.54, 1.807) is 0 Å². The van der Waals surface area contributed by atoms with E-state index >= 15 is 0 Å². The summed E-state index contributed by atoms with van der Waals surface area (Å²) in [4.78, 5) is 28.3. The van der Waals surface area contributed by atoms with Gasteiger partial charge >= 0.3 is 6.18 Å². The first-order valence-electron chi connectivity index (χ1n) is 12.0. The Balaban J connectivity index is 1.46. The van der Waals surface area contributed by atoms with Crippen molar-refractivity contribution in [3.63, 3.8) is 0 Å². The predicted molar refractivity (Wildman–Crippen MR) is 123 cm³/mol. The molecule has 2 heterocycles. The van der Waals surface area contributed by atoms with E-state index in [0.717, 1.165) is 42.1 Å². The first kappa shape index (κ1) is 25.6. The summed E-state index contributed by atoms with van der Waals surface area (Å²) in [5, 5.41) is 5.67. The Labute approximate surface area is 208 Å². The van der Waals surface area contributed by atoms with Crippen LogP contribution >= 0.6 is 0 Å². The molecule has 2 N–H and O–H groups in total. The molecule has 3 fully saturated rings. The number of rotatable bonds is 7. The molecule has 0 bridgehead atoms. The van der Waals surface area contributed by atoms with Gasteiger partial charge in [0.1, 0.15) is 11.4 Å². The minimum Gasteiger partial charge on any atom is -0.381 e. The van der Waals surface area contributed by atoms with Gasteiger partial charge < -0.3 is 20.1 Å². The predicted octanol–water partition coefficient (Wildman–Crippen LogP) is 4.22. The molecule has 37 heavy (non-hydrogen) atoms. The number of likely N-dealkylation sites (tertiary alicyclic amines) is 1. The highest BCUT2D eigenvalue weighted by Gasteiger charge is 2.56.